The summed E-state index contributed by atoms with van der Waals surface area (Å²) >= 11 is 5.84. The second-order valence-corrected chi connectivity index (χ2v) is 4.59. The first-order valence-corrected chi connectivity index (χ1v) is 6.21. The number of pyridine rings is 1. The van der Waals surface area contributed by atoms with Crippen molar-refractivity contribution in [1.82, 2.24) is 10.3 Å². The van der Waals surface area contributed by atoms with Crippen molar-refractivity contribution >= 4 is 11.6 Å². The van der Waals surface area contributed by atoms with Crippen molar-refractivity contribution in [3.63, 3.8) is 0 Å². The number of benzene rings is 1. The highest BCUT2D eigenvalue weighted by molar-refractivity contribution is 6.30. The maximum absolute atomic E-state index is 13.7. The summed E-state index contributed by atoms with van der Waals surface area (Å²) in [5, 5.41) is 3.39. The van der Waals surface area contributed by atoms with E-state index >= 15 is 0 Å². The summed E-state index contributed by atoms with van der Waals surface area (Å²) in [5.41, 5.74) is 0.696. The Morgan fingerprint density at radius 1 is 1.26 bits per heavy atom. The zero-order valence-electron chi connectivity index (χ0n) is 10.3. The lowest BCUT2D eigenvalue weighted by atomic mass is 10.0. The fraction of sp³-hybridized carbons (Fsp3) is 0.214. The Labute approximate surface area is 115 Å². The maximum atomic E-state index is 13.7. The van der Waals surface area contributed by atoms with Crippen molar-refractivity contribution in [2.45, 2.75) is 12.5 Å². The smallest absolute Gasteiger partial charge is 0.146 e. The van der Waals surface area contributed by atoms with Gasteiger partial charge in [-0.05, 0) is 49.4 Å². The topological polar surface area (TPSA) is 24.9 Å². The molecule has 19 heavy (non-hydrogen) atoms. The Balaban J connectivity index is 2.29. The molecule has 0 aliphatic carbocycles. The molecule has 2 aromatic rings. The Bertz CT molecular complexity index is 575. The summed E-state index contributed by atoms with van der Waals surface area (Å²) in [6.07, 6.45) is 1.79. The molecule has 0 spiro atoms. The van der Waals surface area contributed by atoms with Crippen molar-refractivity contribution in [2.75, 3.05) is 7.05 Å². The minimum absolute atomic E-state index is 0.268. The Kier molecular flexibility index (Phi) is 4.45. The molecule has 0 aliphatic rings. The lowest BCUT2D eigenvalue weighted by molar-refractivity contribution is 0.505. The van der Waals surface area contributed by atoms with Crippen LogP contribution in [0.25, 0.3) is 0 Å². The SMILES string of the molecule is CNC(Cc1cc(Cl)ccc1F)c1ncccc1F. The summed E-state index contributed by atoms with van der Waals surface area (Å²) in [6.45, 7) is 0. The Morgan fingerprint density at radius 2 is 2.05 bits per heavy atom. The molecule has 0 radical (unpaired) electrons. The van der Waals surface area contributed by atoms with E-state index in [1.165, 1.54) is 30.5 Å². The number of rotatable bonds is 4. The van der Waals surface area contributed by atoms with Gasteiger partial charge in [0.25, 0.3) is 0 Å². The van der Waals surface area contributed by atoms with Crippen LogP contribution in [0.2, 0.25) is 5.02 Å². The van der Waals surface area contributed by atoms with Gasteiger partial charge in [-0.15, -0.1) is 0 Å². The minimum atomic E-state index is -0.413. The van der Waals surface area contributed by atoms with E-state index in [1.54, 1.807) is 13.1 Å². The molecule has 0 aliphatic heterocycles. The van der Waals surface area contributed by atoms with E-state index < -0.39 is 11.9 Å². The van der Waals surface area contributed by atoms with Crippen molar-refractivity contribution < 1.29 is 8.78 Å². The van der Waals surface area contributed by atoms with Crippen LogP contribution in [0, 0.1) is 11.6 Å². The first-order chi connectivity index (χ1) is 9.11. The number of likely N-dealkylation sites (N-methyl/N-ethyl adjacent to an activating group) is 1. The zero-order valence-corrected chi connectivity index (χ0v) is 11.1. The molecule has 1 N–H and O–H groups in total. The molecule has 1 atom stereocenters. The fourth-order valence-corrected chi connectivity index (χ4v) is 2.10. The third-order valence-corrected chi connectivity index (χ3v) is 3.13. The maximum Gasteiger partial charge on any atom is 0.146 e. The summed E-state index contributed by atoms with van der Waals surface area (Å²) in [4.78, 5) is 4.00. The fourth-order valence-electron chi connectivity index (χ4n) is 1.91. The lowest BCUT2D eigenvalue weighted by Gasteiger charge is -2.16. The molecule has 5 heteroatoms. The average molecular weight is 283 g/mol. The summed E-state index contributed by atoms with van der Waals surface area (Å²) in [5.74, 6) is -0.773. The van der Waals surface area contributed by atoms with E-state index in [9.17, 15) is 8.78 Å². The average Bonchev–Trinajstić information content (AvgIpc) is 2.41. The first kappa shape index (κ1) is 13.9. The summed E-state index contributed by atoms with van der Waals surface area (Å²) in [6, 6.07) is 6.78. The molecule has 1 unspecified atom stereocenters. The minimum Gasteiger partial charge on any atom is -0.311 e. The van der Waals surface area contributed by atoms with Gasteiger partial charge in [0, 0.05) is 11.2 Å². The number of nitrogens with zero attached hydrogens (tertiary/aromatic N) is 1. The van der Waals surface area contributed by atoms with Crippen LogP contribution in [0.5, 0.6) is 0 Å². The highest BCUT2D eigenvalue weighted by Crippen LogP contribution is 2.22. The standard InChI is InChI=1S/C14H13ClF2N2/c1-18-13(14-12(17)3-2-6-19-14)8-9-7-10(15)4-5-11(9)16/h2-7,13,18H,8H2,1H3. The summed E-state index contributed by atoms with van der Waals surface area (Å²) < 4.78 is 27.4. The molecule has 1 aromatic carbocycles. The number of hydrogen-bond acceptors (Lipinski definition) is 2. The number of aromatic nitrogens is 1. The molecular formula is C14H13ClF2N2. The molecule has 1 heterocycles. The Morgan fingerprint density at radius 3 is 2.74 bits per heavy atom. The van der Waals surface area contributed by atoms with Gasteiger partial charge in [-0.3, -0.25) is 4.98 Å². The monoisotopic (exact) mass is 282 g/mol. The number of halogens is 3. The van der Waals surface area contributed by atoms with E-state index in [2.05, 4.69) is 10.3 Å². The summed E-state index contributed by atoms with van der Waals surface area (Å²) in [7, 11) is 1.68. The van der Waals surface area contributed by atoms with Crippen molar-refractivity contribution in [2.24, 2.45) is 0 Å². The second kappa shape index (κ2) is 6.08. The molecule has 0 amide bonds. The van der Waals surface area contributed by atoms with Gasteiger partial charge < -0.3 is 5.32 Å². The largest absolute Gasteiger partial charge is 0.311 e. The number of hydrogen-bond donors (Lipinski definition) is 1. The van der Waals surface area contributed by atoms with Crippen LogP contribution in [0.3, 0.4) is 0 Å². The van der Waals surface area contributed by atoms with E-state index in [1.807, 2.05) is 0 Å². The van der Waals surface area contributed by atoms with Crippen molar-refractivity contribution in [3.8, 4) is 0 Å². The molecule has 2 nitrogen and oxygen atoms in total. The van der Waals surface area contributed by atoms with Crippen LogP contribution >= 0.6 is 11.6 Å². The first-order valence-electron chi connectivity index (χ1n) is 5.83. The van der Waals surface area contributed by atoms with Crippen LogP contribution in [0.1, 0.15) is 17.3 Å². The van der Waals surface area contributed by atoms with Gasteiger partial charge in [0.1, 0.15) is 11.6 Å². The molecule has 100 valence electrons. The van der Waals surface area contributed by atoms with Crippen molar-refractivity contribution in [3.05, 3.63) is 64.4 Å². The van der Waals surface area contributed by atoms with Gasteiger partial charge in [-0.1, -0.05) is 11.6 Å². The Hall–Kier alpha value is -1.52. The molecular weight excluding hydrogens is 270 g/mol. The van der Waals surface area contributed by atoms with Gasteiger partial charge >= 0.3 is 0 Å². The molecule has 0 fully saturated rings. The molecule has 0 saturated heterocycles. The molecule has 2 rings (SSSR count). The van der Waals surface area contributed by atoms with Crippen LogP contribution in [0.4, 0.5) is 8.78 Å². The van der Waals surface area contributed by atoms with Gasteiger partial charge in [0.05, 0.1) is 11.7 Å². The van der Waals surface area contributed by atoms with Crippen LogP contribution in [0.15, 0.2) is 36.5 Å². The molecule has 0 saturated carbocycles. The normalized spacial score (nSPS) is 12.4. The van der Waals surface area contributed by atoms with Crippen LogP contribution in [-0.2, 0) is 6.42 Å². The molecule has 0 bridgehead atoms. The van der Waals surface area contributed by atoms with Crippen LogP contribution in [-0.4, -0.2) is 12.0 Å². The predicted octanol–water partition coefficient (Wildman–Crippen LogP) is 3.52. The quantitative estimate of drug-likeness (QED) is 0.928. The van der Waals surface area contributed by atoms with Crippen LogP contribution < -0.4 is 5.32 Å². The van der Waals surface area contributed by atoms with Crippen molar-refractivity contribution in [1.29, 1.82) is 0 Å². The number of nitrogens with one attached hydrogen (secondary N) is 1. The van der Waals surface area contributed by atoms with Gasteiger partial charge in [-0.25, -0.2) is 8.78 Å². The lowest BCUT2D eigenvalue weighted by Crippen LogP contribution is -2.21. The van der Waals surface area contributed by atoms with Gasteiger partial charge in [-0.2, -0.15) is 0 Å². The van der Waals surface area contributed by atoms with E-state index in [0.717, 1.165) is 0 Å². The second-order valence-electron chi connectivity index (χ2n) is 4.15. The third-order valence-electron chi connectivity index (χ3n) is 2.90. The van der Waals surface area contributed by atoms with E-state index in [-0.39, 0.29) is 17.9 Å². The van der Waals surface area contributed by atoms with E-state index in [4.69, 9.17) is 11.6 Å². The third kappa shape index (κ3) is 3.28. The van der Waals surface area contributed by atoms with Gasteiger partial charge in [0.2, 0.25) is 0 Å². The highest BCUT2D eigenvalue weighted by Gasteiger charge is 2.17. The highest BCUT2D eigenvalue weighted by atomic mass is 35.5. The van der Waals surface area contributed by atoms with Gasteiger partial charge in [0.15, 0.2) is 0 Å². The zero-order chi connectivity index (χ0) is 13.8. The predicted molar refractivity (Wildman–Crippen MR) is 71.1 cm³/mol. The molecule has 1 aromatic heterocycles. The van der Waals surface area contributed by atoms with E-state index in [0.29, 0.717) is 10.6 Å².